The third kappa shape index (κ3) is 5.90. The van der Waals surface area contributed by atoms with E-state index in [2.05, 4.69) is 60.9 Å². The summed E-state index contributed by atoms with van der Waals surface area (Å²) in [6.45, 7) is 2.89. The van der Waals surface area contributed by atoms with Crippen molar-refractivity contribution in [1.82, 2.24) is 14.3 Å². The number of nitrogens with two attached hydrogens (primary N) is 1. The van der Waals surface area contributed by atoms with Crippen molar-refractivity contribution < 1.29 is 4.39 Å². The van der Waals surface area contributed by atoms with Crippen LogP contribution in [0.1, 0.15) is 35.2 Å². The van der Waals surface area contributed by atoms with E-state index in [0.717, 1.165) is 43.1 Å². The molecule has 0 spiro atoms. The fraction of sp³-hybridized carbons (Fsp3) is 0.240. The molecule has 0 saturated heterocycles. The molecule has 0 bridgehead atoms. The van der Waals surface area contributed by atoms with E-state index in [0.29, 0.717) is 5.69 Å². The number of amidine groups is 1. The number of thiol groups is 1. The number of aromatic nitrogens is 2. The number of fused-ring (bicyclic) bond motifs is 1. The van der Waals surface area contributed by atoms with Crippen LogP contribution >= 0.6 is 24.8 Å². The van der Waals surface area contributed by atoms with Crippen molar-refractivity contribution in [2.24, 2.45) is 9.39 Å². The largest absolute Gasteiger partial charge is 0.399 e. The molecule has 0 aliphatic carbocycles. The molecule has 2 aliphatic rings. The number of anilines is 1. The number of allylic oxidation sites excluding steroid dienone is 1. The summed E-state index contributed by atoms with van der Waals surface area (Å²) in [5.41, 5.74) is 13.2. The molecule has 0 saturated carbocycles. The molecule has 6 nitrogen and oxygen atoms in total. The lowest BCUT2D eigenvalue weighted by atomic mass is 9.96. The molecule has 0 atom stereocenters. The first-order valence-corrected chi connectivity index (χ1v) is 12.4. The van der Waals surface area contributed by atoms with Gasteiger partial charge in [0, 0.05) is 36.0 Å². The summed E-state index contributed by atoms with van der Waals surface area (Å²) in [6, 6.07) is 10.1. The third-order valence-corrected chi connectivity index (χ3v) is 6.48. The van der Waals surface area contributed by atoms with Crippen molar-refractivity contribution in [2.45, 2.75) is 31.9 Å². The summed E-state index contributed by atoms with van der Waals surface area (Å²) in [5, 5.41) is 0. The first-order valence-electron chi connectivity index (χ1n) is 11.0. The summed E-state index contributed by atoms with van der Waals surface area (Å²) in [6.07, 6.45) is 11.2. The van der Waals surface area contributed by atoms with Crippen LogP contribution in [0.3, 0.4) is 0 Å². The average Bonchev–Trinajstić information content (AvgIpc) is 3.30. The minimum atomic E-state index is -0.251. The maximum atomic E-state index is 12.0. The lowest BCUT2D eigenvalue weighted by Gasteiger charge is -2.19. The number of imidazole rings is 1. The van der Waals surface area contributed by atoms with Crippen molar-refractivity contribution in [1.29, 1.82) is 0 Å². The Balaban J connectivity index is 0.000000291. The van der Waals surface area contributed by atoms with Gasteiger partial charge in [0.05, 0.1) is 17.7 Å². The second kappa shape index (κ2) is 11.4. The average molecular weight is 495 g/mol. The van der Waals surface area contributed by atoms with Crippen LogP contribution in [0.2, 0.25) is 0 Å². The minimum absolute atomic E-state index is 0.251. The van der Waals surface area contributed by atoms with E-state index in [1.807, 2.05) is 19.5 Å². The molecule has 2 aromatic carbocycles. The molecule has 1 aromatic heterocycles. The van der Waals surface area contributed by atoms with Crippen LogP contribution in [0.5, 0.6) is 0 Å². The van der Waals surface area contributed by atoms with Gasteiger partial charge in [-0.3, -0.25) is 4.99 Å². The topological polar surface area (TPSA) is 80.6 Å². The van der Waals surface area contributed by atoms with Gasteiger partial charge < -0.3 is 15.0 Å². The van der Waals surface area contributed by atoms with Gasteiger partial charge >= 0.3 is 0 Å². The number of benzene rings is 2. The monoisotopic (exact) mass is 494 g/mol. The standard InChI is InChI=1S/C19H21N5S2.C6H6FN/c1-13-10-24(12-21-13)18-7-6-14(16-9-22-26-11-17(16)18)4-5-15-3-2-8-20-19(15)23-25;7-5-1-3-6(8)4-2-5/h5-7,9-10,12,25H,2-4,8,11H2,1H3,(H,20,23);1-4H,8H2. The molecule has 176 valence electrons. The molecule has 3 aromatic rings. The van der Waals surface area contributed by atoms with Gasteiger partial charge in [-0.05, 0) is 85.2 Å². The number of nitrogens with one attached hydrogen (secondary N) is 1. The van der Waals surface area contributed by atoms with Gasteiger partial charge in [0.25, 0.3) is 0 Å². The van der Waals surface area contributed by atoms with E-state index in [1.165, 1.54) is 52.2 Å². The normalized spacial score (nSPS) is 15.9. The molecular weight excluding hydrogens is 467 g/mol. The van der Waals surface area contributed by atoms with Crippen LogP contribution in [0.25, 0.3) is 5.69 Å². The Hall–Kier alpha value is -3.04. The van der Waals surface area contributed by atoms with Crippen LogP contribution in [-0.4, -0.2) is 28.1 Å². The number of hydrogen-bond acceptors (Lipinski definition) is 7. The summed E-state index contributed by atoms with van der Waals surface area (Å²) in [7, 11) is 0. The summed E-state index contributed by atoms with van der Waals surface area (Å²) in [4.78, 5) is 8.87. The highest BCUT2D eigenvalue weighted by Crippen LogP contribution is 2.30. The third-order valence-electron chi connectivity index (χ3n) is 5.60. The second-order valence-corrected chi connectivity index (χ2v) is 8.98. The summed E-state index contributed by atoms with van der Waals surface area (Å²) >= 11 is 5.78. The molecule has 5 rings (SSSR count). The van der Waals surface area contributed by atoms with Gasteiger partial charge in [0.1, 0.15) is 11.7 Å². The zero-order valence-electron chi connectivity index (χ0n) is 18.9. The van der Waals surface area contributed by atoms with Crippen molar-refractivity contribution in [3.05, 3.63) is 88.8 Å². The Morgan fingerprint density at radius 2 is 2.06 bits per heavy atom. The Kier molecular flexibility index (Phi) is 8.08. The maximum Gasteiger partial charge on any atom is 0.133 e. The second-order valence-electron chi connectivity index (χ2n) is 8.00. The first kappa shape index (κ1) is 24.1. The van der Waals surface area contributed by atoms with E-state index in [9.17, 15) is 4.39 Å². The molecule has 0 amide bonds. The smallest absolute Gasteiger partial charge is 0.133 e. The Morgan fingerprint density at radius 1 is 1.24 bits per heavy atom. The Labute approximate surface area is 209 Å². The van der Waals surface area contributed by atoms with E-state index < -0.39 is 0 Å². The van der Waals surface area contributed by atoms with Gasteiger partial charge in [-0.25, -0.2) is 13.8 Å². The van der Waals surface area contributed by atoms with E-state index in [-0.39, 0.29) is 5.82 Å². The van der Waals surface area contributed by atoms with Crippen molar-refractivity contribution in [3.63, 3.8) is 0 Å². The predicted molar refractivity (Wildman–Crippen MR) is 143 cm³/mol. The van der Waals surface area contributed by atoms with E-state index >= 15 is 0 Å². The molecule has 0 unspecified atom stereocenters. The quantitative estimate of drug-likeness (QED) is 0.263. The lowest BCUT2D eigenvalue weighted by molar-refractivity contribution is 0.628. The van der Waals surface area contributed by atoms with Crippen molar-refractivity contribution in [2.75, 3.05) is 12.3 Å². The van der Waals surface area contributed by atoms with Gasteiger partial charge in [-0.1, -0.05) is 25.0 Å². The first-order chi connectivity index (χ1) is 16.5. The van der Waals surface area contributed by atoms with Crippen molar-refractivity contribution >= 4 is 42.5 Å². The molecule has 34 heavy (non-hydrogen) atoms. The van der Waals surface area contributed by atoms with Crippen molar-refractivity contribution in [3.8, 4) is 5.69 Å². The highest BCUT2D eigenvalue weighted by molar-refractivity contribution is 7.97. The van der Waals surface area contributed by atoms with Crippen LogP contribution in [0.4, 0.5) is 10.1 Å². The van der Waals surface area contributed by atoms with Gasteiger partial charge in [-0.15, -0.1) is 0 Å². The number of aliphatic imine (C=N–C) groups is 1. The highest BCUT2D eigenvalue weighted by atomic mass is 32.2. The molecule has 3 N–H and O–H groups in total. The molecule has 3 heterocycles. The minimum Gasteiger partial charge on any atom is -0.399 e. The highest BCUT2D eigenvalue weighted by Gasteiger charge is 2.17. The molecular formula is C25H27FN6S2. The SMILES string of the molecule is Cc1cn(-c2ccc(CC=C3CCCN=C3NS)c3c2CSN=C3)cn1.Nc1ccc(F)cc1. The maximum absolute atomic E-state index is 12.0. The number of nitrogen functional groups attached to an aromatic ring is 1. The molecule has 0 fully saturated rings. The number of hydrogen-bond donors (Lipinski definition) is 3. The van der Waals surface area contributed by atoms with Crippen LogP contribution < -0.4 is 10.5 Å². The summed E-state index contributed by atoms with van der Waals surface area (Å²) < 4.78 is 21.5. The van der Waals surface area contributed by atoms with Gasteiger partial charge in [-0.2, -0.15) is 0 Å². The van der Waals surface area contributed by atoms with E-state index in [1.54, 1.807) is 11.9 Å². The van der Waals surface area contributed by atoms with Crippen LogP contribution in [-0.2, 0) is 12.2 Å². The zero-order chi connectivity index (χ0) is 23.9. The molecule has 9 heteroatoms. The van der Waals surface area contributed by atoms with Gasteiger partial charge in [0.2, 0.25) is 0 Å². The molecule has 2 aliphatic heterocycles. The van der Waals surface area contributed by atoms with Gasteiger partial charge in [0.15, 0.2) is 0 Å². The summed E-state index contributed by atoms with van der Waals surface area (Å²) in [5.74, 6) is 1.54. The lowest BCUT2D eigenvalue weighted by Crippen LogP contribution is -2.20. The zero-order valence-corrected chi connectivity index (χ0v) is 20.6. The van der Waals surface area contributed by atoms with E-state index in [4.69, 9.17) is 5.73 Å². The Morgan fingerprint density at radius 3 is 2.76 bits per heavy atom. The number of nitrogens with zero attached hydrogens (tertiary/aromatic N) is 4. The molecule has 0 radical (unpaired) electrons. The fourth-order valence-corrected chi connectivity index (χ4v) is 4.76. The fourth-order valence-electron chi connectivity index (χ4n) is 3.86. The Bertz CT molecular complexity index is 1210. The number of halogens is 1. The predicted octanol–water partition coefficient (Wildman–Crippen LogP) is 5.26. The number of aryl methyl sites for hydroxylation is 1. The van der Waals surface area contributed by atoms with Crippen LogP contribution in [0, 0.1) is 12.7 Å². The number of rotatable bonds is 3. The van der Waals surface area contributed by atoms with Crippen LogP contribution in [0.15, 0.2) is 70.0 Å².